The summed E-state index contributed by atoms with van der Waals surface area (Å²) in [5.41, 5.74) is 7.89. The van der Waals surface area contributed by atoms with Gasteiger partial charge in [0.2, 0.25) is 0 Å². The van der Waals surface area contributed by atoms with Gasteiger partial charge in [0.05, 0.1) is 17.2 Å². The molecule has 114 valence electrons. The quantitative estimate of drug-likeness (QED) is 0.538. The summed E-state index contributed by atoms with van der Waals surface area (Å²) in [5.74, 6) is 0.864. The van der Waals surface area contributed by atoms with E-state index in [1.54, 1.807) is 0 Å². The largest absolute Gasteiger partial charge is 0.388 e. The Labute approximate surface area is 122 Å². The van der Waals surface area contributed by atoms with Gasteiger partial charge in [-0.1, -0.05) is 20.8 Å². The lowest BCUT2D eigenvalue weighted by Gasteiger charge is -2.24. The number of hydrogen-bond donors (Lipinski definition) is 2. The van der Waals surface area contributed by atoms with Crippen molar-refractivity contribution in [3.63, 3.8) is 0 Å². The van der Waals surface area contributed by atoms with Crippen LogP contribution in [0.2, 0.25) is 0 Å². The molecule has 1 heterocycles. The molecule has 3 N–H and O–H groups in total. The topological polar surface area (TPSA) is 70.9 Å². The van der Waals surface area contributed by atoms with E-state index < -0.39 is 0 Å². The Morgan fingerprint density at radius 3 is 2.65 bits per heavy atom. The van der Waals surface area contributed by atoms with E-state index in [0.29, 0.717) is 12.3 Å². The van der Waals surface area contributed by atoms with Gasteiger partial charge in [0, 0.05) is 32.6 Å². The van der Waals surface area contributed by atoms with E-state index in [0.717, 1.165) is 38.3 Å². The Hall–Kier alpha value is -1.36. The zero-order valence-corrected chi connectivity index (χ0v) is 13.3. The van der Waals surface area contributed by atoms with Gasteiger partial charge in [0.1, 0.15) is 0 Å². The predicted molar refractivity (Wildman–Crippen MR) is 83.9 cm³/mol. The van der Waals surface area contributed by atoms with Gasteiger partial charge in [0.25, 0.3) is 0 Å². The second kappa shape index (κ2) is 8.04. The summed E-state index contributed by atoms with van der Waals surface area (Å²) in [7, 11) is 0. The van der Waals surface area contributed by atoms with Crippen LogP contribution in [0.3, 0.4) is 0 Å². The average Bonchev–Trinajstić information content (AvgIpc) is 2.77. The van der Waals surface area contributed by atoms with Gasteiger partial charge in [-0.25, -0.2) is 0 Å². The van der Waals surface area contributed by atoms with E-state index in [-0.39, 0.29) is 5.84 Å². The molecule has 0 saturated heterocycles. The molecule has 0 spiro atoms. The minimum atomic E-state index is 0.261. The van der Waals surface area contributed by atoms with Gasteiger partial charge in [-0.3, -0.25) is 15.0 Å². The number of nitrogens with one attached hydrogen (secondary N) is 1. The van der Waals surface area contributed by atoms with Crippen molar-refractivity contribution >= 4 is 5.84 Å². The van der Waals surface area contributed by atoms with Gasteiger partial charge in [0.15, 0.2) is 0 Å². The molecule has 20 heavy (non-hydrogen) atoms. The summed E-state index contributed by atoms with van der Waals surface area (Å²) in [5, 5.41) is 12.0. The maximum Gasteiger partial charge on any atom is 0.0918 e. The molecule has 0 radical (unpaired) electrons. The molecule has 0 amide bonds. The second-order valence-corrected chi connectivity index (χ2v) is 5.70. The van der Waals surface area contributed by atoms with Crippen LogP contribution in [0.4, 0.5) is 0 Å². The van der Waals surface area contributed by atoms with E-state index in [4.69, 9.17) is 11.1 Å². The van der Waals surface area contributed by atoms with Crippen LogP contribution in [0.1, 0.15) is 45.5 Å². The third-order valence-electron chi connectivity index (χ3n) is 3.28. The van der Waals surface area contributed by atoms with Crippen molar-refractivity contribution in [1.82, 2.24) is 14.7 Å². The molecular formula is C15H29N5. The predicted octanol–water partition coefficient (Wildman–Crippen LogP) is 2.25. The van der Waals surface area contributed by atoms with Crippen molar-refractivity contribution in [2.75, 3.05) is 13.1 Å². The highest BCUT2D eigenvalue weighted by Crippen LogP contribution is 2.11. The summed E-state index contributed by atoms with van der Waals surface area (Å²) in [6, 6.07) is 2.20. The number of nitrogens with zero attached hydrogens (tertiary/aromatic N) is 3. The molecule has 1 aromatic heterocycles. The molecule has 0 bridgehead atoms. The molecule has 0 aliphatic rings. The van der Waals surface area contributed by atoms with Crippen LogP contribution in [0, 0.1) is 11.3 Å². The highest BCUT2D eigenvalue weighted by atomic mass is 15.3. The fourth-order valence-electron chi connectivity index (χ4n) is 2.35. The van der Waals surface area contributed by atoms with E-state index in [2.05, 4.69) is 48.4 Å². The van der Waals surface area contributed by atoms with E-state index in [1.807, 2.05) is 0 Å². The van der Waals surface area contributed by atoms with Crippen LogP contribution in [-0.4, -0.2) is 33.6 Å². The Morgan fingerprint density at radius 1 is 1.45 bits per heavy atom. The maximum absolute atomic E-state index is 7.40. The minimum Gasteiger partial charge on any atom is -0.388 e. The second-order valence-electron chi connectivity index (χ2n) is 5.70. The lowest BCUT2D eigenvalue weighted by atomic mass is 10.2. The van der Waals surface area contributed by atoms with E-state index in [1.165, 1.54) is 5.69 Å². The lowest BCUT2D eigenvalue weighted by molar-refractivity contribution is 0.235. The fourth-order valence-corrected chi connectivity index (χ4v) is 2.35. The Kier molecular flexibility index (Phi) is 6.71. The van der Waals surface area contributed by atoms with Crippen LogP contribution in [0.5, 0.6) is 0 Å². The molecule has 0 saturated carbocycles. The molecular weight excluding hydrogens is 250 g/mol. The smallest absolute Gasteiger partial charge is 0.0918 e. The van der Waals surface area contributed by atoms with E-state index in [9.17, 15) is 0 Å². The van der Waals surface area contributed by atoms with Gasteiger partial charge in [-0.2, -0.15) is 5.10 Å². The van der Waals surface area contributed by atoms with Crippen molar-refractivity contribution in [3.05, 3.63) is 17.5 Å². The summed E-state index contributed by atoms with van der Waals surface area (Å²) < 4.78 is 2.08. The van der Waals surface area contributed by atoms with Gasteiger partial charge in [-0.15, -0.1) is 0 Å². The molecule has 0 aliphatic carbocycles. The van der Waals surface area contributed by atoms with Crippen molar-refractivity contribution in [2.45, 2.75) is 53.6 Å². The number of rotatable bonds is 9. The van der Waals surface area contributed by atoms with Crippen LogP contribution in [-0.2, 0) is 19.5 Å². The normalized spacial score (nSPS) is 11.5. The van der Waals surface area contributed by atoms with Gasteiger partial charge < -0.3 is 5.73 Å². The fraction of sp³-hybridized carbons (Fsp3) is 0.733. The average molecular weight is 279 g/mol. The summed E-state index contributed by atoms with van der Waals surface area (Å²) >= 11 is 0. The SMILES string of the molecule is CCc1cc(CN(CCC(=N)N)CC(C)C)n(CC)n1. The number of nitrogens with two attached hydrogens (primary N) is 1. The molecule has 1 rings (SSSR count). The number of hydrogen-bond acceptors (Lipinski definition) is 3. The molecule has 0 aliphatic heterocycles. The van der Waals surface area contributed by atoms with Crippen LogP contribution >= 0.6 is 0 Å². The summed E-state index contributed by atoms with van der Waals surface area (Å²) in [4.78, 5) is 2.37. The molecule has 0 aromatic carbocycles. The van der Waals surface area contributed by atoms with Crippen molar-refractivity contribution in [1.29, 1.82) is 5.41 Å². The monoisotopic (exact) mass is 279 g/mol. The third kappa shape index (κ3) is 5.33. The Bertz CT molecular complexity index is 422. The Morgan fingerprint density at radius 2 is 2.15 bits per heavy atom. The number of aromatic nitrogens is 2. The summed E-state index contributed by atoms with van der Waals surface area (Å²) in [6.45, 7) is 12.3. The molecule has 0 unspecified atom stereocenters. The van der Waals surface area contributed by atoms with E-state index >= 15 is 0 Å². The molecule has 5 heteroatoms. The number of aryl methyl sites for hydroxylation is 2. The van der Waals surface area contributed by atoms with Crippen LogP contribution < -0.4 is 5.73 Å². The lowest BCUT2D eigenvalue weighted by Crippen LogP contribution is -2.31. The molecule has 5 nitrogen and oxygen atoms in total. The maximum atomic E-state index is 7.40. The molecule has 0 atom stereocenters. The highest BCUT2D eigenvalue weighted by Gasteiger charge is 2.13. The first-order valence-corrected chi connectivity index (χ1v) is 7.57. The Balaban J connectivity index is 2.76. The third-order valence-corrected chi connectivity index (χ3v) is 3.28. The minimum absolute atomic E-state index is 0.261. The standard InChI is InChI=1S/C15H29N5/c1-5-13-9-14(20(6-2)18-13)11-19(10-12(3)4)8-7-15(16)17/h9,12H,5-8,10-11H2,1-4H3,(H3,16,17). The zero-order valence-electron chi connectivity index (χ0n) is 13.3. The first-order valence-electron chi connectivity index (χ1n) is 7.57. The van der Waals surface area contributed by atoms with Gasteiger partial charge >= 0.3 is 0 Å². The zero-order chi connectivity index (χ0) is 15.1. The first-order chi connectivity index (χ1) is 9.46. The molecule has 0 fully saturated rings. The van der Waals surface area contributed by atoms with Crippen molar-refractivity contribution in [2.24, 2.45) is 11.7 Å². The first kappa shape index (κ1) is 16.7. The van der Waals surface area contributed by atoms with Crippen molar-refractivity contribution < 1.29 is 0 Å². The van der Waals surface area contributed by atoms with Crippen LogP contribution in [0.15, 0.2) is 6.07 Å². The summed E-state index contributed by atoms with van der Waals surface area (Å²) in [6.07, 6.45) is 1.60. The van der Waals surface area contributed by atoms with Crippen LogP contribution in [0.25, 0.3) is 0 Å². The number of amidine groups is 1. The van der Waals surface area contributed by atoms with Gasteiger partial charge in [-0.05, 0) is 25.3 Å². The van der Waals surface area contributed by atoms with Crippen molar-refractivity contribution in [3.8, 4) is 0 Å². The molecule has 1 aromatic rings. The highest BCUT2D eigenvalue weighted by molar-refractivity contribution is 5.76.